The molecule has 0 atom stereocenters. The minimum atomic E-state index is -3.54. The van der Waals surface area contributed by atoms with Gasteiger partial charge in [0.2, 0.25) is 0 Å². The van der Waals surface area contributed by atoms with Gasteiger partial charge in [0, 0.05) is 0 Å². The predicted octanol–water partition coefficient (Wildman–Crippen LogP) is 2.95. The zero-order valence-corrected chi connectivity index (χ0v) is 12.2. The Bertz CT molecular complexity index is 285. The van der Waals surface area contributed by atoms with Crippen LogP contribution in [-0.2, 0) is 0 Å². The number of ether oxygens (including phenoxy) is 1. The van der Waals surface area contributed by atoms with E-state index in [-0.39, 0.29) is 0 Å². The summed E-state index contributed by atoms with van der Waals surface area (Å²) in [5.41, 5.74) is 0. The number of para-hydroxylation sites is 1. The van der Waals surface area contributed by atoms with Gasteiger partial charge in [-0.15, -0.1) is 0 Å². The third kappa shape index (κ3) is 3.39. The monoisotopic (exact) mass is 346 g/mol. The van der Waals surface area contributed by atoms with E-state index in [1.165, 1.54) is 0 Å². The molecule has 1 rings (SSSR count). The van der Waals surface area contributed by atoms with Crippen molar-refractivity contribution in [1.29, 1.82) is 0 Å². The third-order valence-electron chi connectivity index (χ3n) is 1.49. The summed E-state index contributed by atoms with van der Waals surface area (Å²) in [4.78, 5) is 0. The fourth-order valence-corrected chi connectivity index (χ4v) is 6.18. The molecule has 0 spiro atoms. The van der Waals surface area contributed by atoms with Crippen molar-refractivity contribution in [3.63, 3.8) is 0 Å². The Morgan fingerprint density at radius 1 is 1.23 bits per heavy atom. The van der Waals surface area contributed by atoms with Gasteiger partial charge in [-0.05, 0) is 0 Å². The van der Waals surface area contributed by atoms with Gasteiger partial charge < -0.3 is 0 Å². The van der Waals surface area contributed by atoms with E-state index >= 15 is 0 Å². The van der Waals surface area contributed by atoms with Gasteiger partial charge in [0.1, 0.15) is 0 Å². The van der Waals surface area contributed by atoms with Crippen molar-refractivity contribution in [3.05, 3.63) is 24.3 Å². The summed E-state index contributed by atoms with van der Waals surface area (Å²) in [6, 6.07) is 7.39. The van der Waals surface area contributed by atoms with Gasteiger partial charge in [-0.2, -0.15) is 0 Å². The van der Waals surface area contributed by atoms with Crippen LogP contribution < -0.4 is 8.32 Å². The summed E-state index contributed by atoms with van der Waals surface area (Å²) >= 11 is -3.54. The Morgan fingerprint density at radius 3 is 2.38 bits per heavy atom. The molecule has 0 radical (unpaired) electrons. The van der Waals surface area contributed by atoms with Crippen molar-refractivity contribution in [2.24, 2.45) is 0 Å². The molecule has 0 N–H and O–H groups in total. The van der Waals surface area contributed by atoms with Gasteiger partial charge in [0.25, 0.3) is 0 Å². The first-order chi connectivity index (χ1) is 6.05. The molecular formula is C8H9Cl3OSn. The number of halogens is 3. The van der Waals surface area contributed by atoms with Crippen LogP contribution in [0, 0.1) is 0 Å². The fraction of sp³-hybridized carbons (Fsp3) is 0.250. The van der Waals surface area contributed by atoms with Gasteiger partial charge in [-0.1, -0.05) is 0 Å². The topological polar surface area (TPSA) is 9.23 Å². The summed E-state index contributed by atoms with van der Waals surface area (Å²) in [7, 11) is 17.9. The normalized spacial score (nSPS) is 11.4. The molecule has 0 saturated heterocycles. The van der Waals surface area contributed by atoms with Gasteiger partial charge >= 0.3 is 93.6 Å². The van der Waals surface area contributed by atoms with Crippen LogP contribution in [0.25, 0.3) is 0 Å². The second-order valence-electron chi connectivity index (χ2n) is 2.43. The minimum absolute atomic E-state index is 0.587. The SMILES string of the molecule is CCOc1cccc[c]1[Sn]([Cl])([Cl])[Cl]. The summed E-state index contributed by atoms with van der Waals surface area (Å²) < 4.78 is 6.14. The molecule has 0 aliphatic carbocycles. The van der Waals surface area contributed by atoms with Crippen LogP contribution in [0.3, 0.4) is 0 Å². The van der Waals surface area contributed by atoms with Gasteiger partial charge in [0.05, 0.1) is 0 Å². The van der Waals surface area contributed by atoms with E-state index in [4.69, 9.17) is 31.5 Å². The van der Waals surface area contributed by atoms with E-state index in [0.717, 1.165) is 3.58 Å². The zero-order valence-electron chi connectivity index (χ0n) is 7.06. The van der Waals surface area contributed by atoms with Crippen molar-refractivity contribution in [2.75, 3.05) is 6.61 Å². The molecule has 0 fully saturated rings. The average Bonchev–Trinajstić information content (AvgIpc) is 2.04. The molecule has 0 amide bonds. The van der Waals surface area contributed by atoms with Crippen molar-refractivity contribution >= 4 is 45.3 Å². The summed E-state index contributed by atoms with van der Waals surface area (Å²) in [5, 5.41) is 0. The van der Waals surface area contributed by atoms with Crippen molar-refractivity contribution in [2.45, 2.75) is 6.92 Å². The molecule has 0 aliphatic rings. The molecular weight excluding hydrogens is 337 g/mol. The summed E-state index contributed by atoms with van der Waals surface area (Å²) in [5.74, 6) is 0.709. The Morgan fingerprint density at radius 2 is 1.85 bits per heavy atom. The number of rotatable bonds is 3. The molecule has 1 nitrogen and oxygen atoms in total. The standard InChI is InChI=1S/C8H9O.3ClH.Sn/c1-2-9-8-6-4-3-5-7-8;;;;/h3-6H,2H2,1H3;3*1H;/q;;;;+3/p-3. The first kappa shape index (κ1) is 11.8. The molecule has 72 valence electrons. The van der Waals surface area contributed by atoms with Crippen molar-refractivity contribution in [3.8, 4) is 5.75 Å². The van der Waals surface area contributed by atoms with Crippen LogP contribution in [-0.4, -0.2) is 21.6 Å². The molecule has 0 aromatic heterocycles. The van der Waals surface area contributed by atoms with Crippen LogP contribution in [0.4, 0.5) is 0 Å². The van der Waals surface area contributed by atoms with Crippen LogP contribution in [0.2, 0.25) is 0 Å². The molecule has 1 aromatic rings. The van der Waals surface area contributed by atoms with E-state index < -0.39 is 15.0 Å². The van der Waals surface area contributed by atoms with E-state index in [2.05, 4.69) is 0 Å². The third-order valence-corrected chi connectivity index (χ3v) is 8.51. The number of benzene rings is 1. The number of hydrogen-bond acceptors (Lipinski definition) is 1. The number of hydrogen-bond donors (Lipinski definition) is 0. The average molecular weight is 346 g/mol. The molecule has 0 bridgehead atoms. The van der Waals surface area contributed by atoms with Crippen LogP contribution in [0.15, 0.2) is 24.3 Å². The quantitative estimate of drug-likeness (QED) is 0.765. The zero-order chi connectivity index (χ0) is 9.90. The molecule has 0 unspecified atom stereocenters. The van der Waals surface area contributed by atoms with E-state index in [1.807, 2.05) is 31.2 Å². The second kappa shape index (κ2) is 4.96. The van der Waals surface area contributed by atoms with Crippen molar-refractivity contribution < 1.29 is 4.74 Å². The van der Waals surface area contributed by atoms with Gasteiger partial charge in [-0.25, -0.2) is 0 Å². The molecule has 0 aliphatic heterocycles. The van der Waals surface area contributed by atoms with Gasteiger partial charge in [0.15, 0.2) is 0 Å². The van der Waals surface area contributed by atoms with E-state index in [0.29, 0.717) is 12.4 Å². The van der Waals surface area contributed by atoms with Crippen LogP contribution in [0.5, 0.6) is 5.75 Å². The second-order valence-corrected chi connectivity index (χ2v) is 22.1. The molecule has 1 aromatic carbocycles. The molecule has 0 saturated carbocycles. The Kier molecular flexibility index (Phi) is 4.49. The Hall–Kier alpha value is 0.689. The first-order valence-corrected chi connectivity index (χ1v) is 16.1. The molecule has 0 heterocycles. The van der Waals surface area contributed by atoms with E-state index in [9.17, 15) is 0 Å². The Balaban J connectivity index is 3.05. The van der Waals surface area contributed by atoms with Gasteiger partial charge in [-0.3, -0.25) is 0 Å². The van der Waals surface area contributed by atoms with Crippen LogP contribution >= 0.6 is 26.8 Å². The Labute approximate surface area is 93.0 Å². The maximum absolute atomic E-state index is 5.96. The summed E-state index contributed by atoms with van der Waals surface area (Å²) in [6.07, 6.45) is 0. The molecule has 5 heteroatoms. The van der Waals surface area contributed by atoms with Crippen LogP contribution in [0.1, 0.15) is 6.92 Å². The fourth-order valence-electron chi connectivity index (χ4n) is 0.982. The first-order valence-electron chi connectivity index (χ1n) is 3.84. The summed E-state index contributed by atoms with van der Waals surface area (Å²) in [6.45, 7) is 2.49. The maximum atomic E-state index is 5.96. The predicted molar refractivity (Wildman–Crippen MR) is 60.6 cm³/mol. The molecule has 13 heavy (non-hydrogen) atoms. The van der Waals surface area contributed by atoms with Crippen molar-refractivity contribution in [1.82, 2.24) is 0 Å². The van der Waals surface area contributed by atoms with E-state index in [1.54, 1.807) is 0 Å².